The second-order valence-electron chi connectivity index (χ2n) is 9.63. The van der Waals surface area contributed by atoms with E-state index in [1.807, 2.05) is 0 Å². The number of aryl methyl sites for hydroxylation is 1. The van der Waals surface area contributed by atoms with E-state index in [9.17, 15) is 33.4 Å². The third kappa shape index (κ3) is 8.73. The maximum absolute atomic E-state index is 14.9. The Morgan fingerprint density at radius 2 is 1.47 bits per heavy atom. The van der Waals surface area contributed by atoms with Gasteiger partial charge in [0.15, 0.2) is 0 Å². The van der Waals surface area contributed by atoms with E-state index < -0.39 is 35.0 Å². The van der Waals surface area contributed by atoms with Crippen LogP contribution in [0.25, 0.3) is 17.7 Å². The van der Waals surface area contributed by atoms with Crippen molar-refractivity contribution >= 4 is 53.0 Å². The molecule has 2 aromatic carbocycles. The summed E-state index contributed by atoms with van der Waals surface area (Å²) in [7, 11) is 0. The molecule has 0 saturated heterocycles. The molecule has 0 aliphatic carbocycles. The zero-order valence-corrected chi connectivity index (χ0v) is 25.2. The van der Waals surface area contributed by atoms with E-state index in [0.717, 1.165) is 30.0 Å². The third-order valence-electron chi connectivity index (χ3n) is 6.47. The van der Waals surface area contributed by atoms with Crippen LogP contribution in [-0.2, 0) is 11.2 Å². The lowest BCUT2D eigenvalue weighted by Gasteiger charge is -2.13. The summed E-state index contributed by atoms with van der Waals surface area (Å²) in [6, 6.07) is 4.16. The number of nitrogens with zero attached hydrogens (tertiary/aromatic N) is 4. The van der Waals surface area contributed by atoms with Crippen LogP contribution in [0.15, 0.2) is 96.6 Å². The Kier molecular flexibility index (Phi) is 10.9. The quantitative estimate of drug-likeness (QED) is 0.0687. The molecule has 4 aromatic rings. The Morgan fingerprint density at radius 3 is 2.06 bits per heavy atom. The van der Waals surface area contributed by atoms with Crippen LogP contribution in [0.2, 0.25) is 0 Å². The van der Waals surface area contributed by atoms with Gasteiger partial charge in [-0.3, -0.25) is 13.9 Å². The van der Waals surface area contributed by atoms with Crippen molar-refractivity contribution in [3.8, 4) is 0 Å². The first-order chi connectivity index (χ1) is 22.4. The average Bonchev–Trinajstić information content (AvgIpc) is 3.77. The second-order valence-corrected chi connectivity index (χ2v) is 10.8. The van der Waals surface area contributed by atoms with Crippen molar-refractivity contribution in [1.82, 2.24) is 19.1 Å². The highest BCUT2D eigenvalue weighted by Crippen LogP contribution is 2.29. The fraction of sp³-hybridized carbons (Fsp3) is 0.0645. The number of carboxylic acids is 2. The molecule has 242 valence electrons. The van der Waals surface area contributed by atoms with Gasteiger partial charge in [0.05, 0.1) is 22.5 Å². The summed E-state index contributed by atoms with van der Waals surface area (Å²) in [5.74, 6) is -4.72. The summed E-state index contributed by atoms with van der Waals surface area (Å²) in [6.45, 7) is 0. The standard InChI is InChI=1S/C31H28F2N8O5S/c32-22-15-21(31(45)46)25(39-29(42)24(34)4-5-28(36)41-10-8-38-17-41)12-19(22)6-11-47-26-13-18(20(30(43)44)14-23(26)33)2-1-3-27(35)40-9-7-37-16-40/h1-5,7-10,12-17H,6,11,34-36H2,(H,39,42)(H,43,44)(H,45,46)/b2-1+,24-4-,27-3+,28-5+. The Balaban J connectivity index is 1.50. The molecule has 13 nitrogen and oxygen atoms in total. The number of aromatic carboxylic acids is 2. The van der Waals surface area contributed by atoms with Gasteiger partial charge in [-0.25, -0.2) is 28.3 Å². The number of carbonyl (C=O) groups is 3. The summed E-state index contributed by atoms with van der Waals surface area (Å²) in [6.07, 6.45) is 16.2. The summed E-state index contributed by atoms with van der Waals surface area (Å²) < 4.78 is 32.8. The minimum Gasteiger partial charge on any atom is -0.478 e. The van der Waals surface area contributed by atoms with E-state index >= 15 is 0 Å². The summed E-state index contributed by atoms with van der Waals surface area (Å²) in [5.41, 5.74) is 16.6. The molecule has 0 fully saturated rings. The SMILES string of the molecule is N/C(=C\C=C(/N)n1ccnc1)C(=O)Nc1cc(CCSc2cc(/C=C/C=C(\N)n3ccnc3)c(C(=O)O)cc2F)c(F)cc1C(=O)O. The lowest BCUT2D eigenvalue weighted by Crippen LogP contribution is -2.22. The molecule has 1 amide bonds. The van der Waals surface area contributed by atoms with Gasteiger partial charge >= 0.3 is 11.9 Å². The summed E-state index contributed by atoms with van der Waals surface area (Å²) in [5, 5.41) is 21.5. The first kappa shape index (κ1) is 33.7. The number of thioether (sulfide) groups is 1. The number of aromatic nitrogens is 4. The van der Waals surface area contributed by atoms with Gasteiger partial charge < -0.3 is 32.7 Å². The number of nitrogens with two attached hydrogens (primary N) is 3. The first-order valence-corrected chi connectivity index (χ1v) is 14.5. The first-order valence-electron chi connectivity index (χ1n) is 13.5. The molecular formula is C31H28F2N8O5S. The Hall–Kier alpha value is -6.16. The molecule has 0 aliphatic rings. The van der Waals surface area contributed by atoms with Gasteiger partial charge in [-0.05, 0) is 60.0 Å². The van der Waals surface area contributed by atoms with E-state index in [1.165, 1.54) is 70.6 Å². The fourth-order valence-corrected chi connectivity index (χ4v) is 5.00. The number of imidazole rings is 2. The average molecular weight is 663 g/mol. The van der Waals surface area contributed by atoms with Gasteiger partial charge in [0.1, 0.15) is 35.9 Å². The molecule has 0 radical (unpaired) electrons. The third-order valence-corrected chi connectivity index (χ3v) is 7.50. The number of amides is 1. The highest BCUT2D eigenvalue weighted by molar-refractivity contribution is 7.99. The predicted octanol–water partition coefficient (Wildman–Crippen LogP) is 3.80. The van der Waals surface area contributed by atoms with E-state index in [2.05, 4.69) is 15.3 Å². The number of hydrogen-bond donors (Lipinski definition) is 6. The molecule has 0 unspecified atom stereocenters. The number of allylic oxidation sites excluding steroid dienone is 4. The molecule has 16 heteroatoms. The van der Waals surface area contributed by atoms with Gasteiger partial charge in [0.25, 0.3) is 5.91 Å². The van der Waals surface area contributed by atoms with Crippen molar-refractivity contribution in [2.75, 3.05) is 11.1 Å². The molecule has 4 rings (SSSR count). The van der Waals surface area contributed by atoms with Crippen LogP contribution < -0.4 is 22.5 Å². The van der Waals surface area contributed by atoms with E-state index in [1.54, 1.807) is 12.4 Å². The highest BCUT2D eigenvalue weighted by Gasteiger charge is 2.19. The molecule has 47 heavy (non-hydrogen) atoms. The summed E-state index contributed by atoms with van der Waals surface area (Å²) in [4.78, 5) is 44.1. The second kappa shape index (κ2) is 15.2. The lowest BCUT2D eigenvalue weighted by atomic mass is 10.1. The van der Waals surface area contributed by atoms with Gasteiger partial charge in [0, 0.05) is 35.4 Å². The van der Waals surface area contributed by atoms with Crippen LogP contribution in [0.5, 0.6) is 0 Å². The topological polar surface area (TPSA) is 217 Å². The zero-order chi connectivity index (χ0) is 34.1. The normalized spacial score (nSPS) is 12.4. The van der Waals surface area contributed by atoms with Crippen molar-refractivity contribution in [3.05, 3.63) is 126 Å². The van der Waals surface area contributed by atoms with Crippen LogP contribution >= 0.6 is 11.8 Å². The largest absolute Gasteiger partial charge is 0.478 e. The highest BCUT2D eigenvalue weighted by atomic mass is 32.2. The number of nitrogens with one attached hydrogen (secondary N) is 1. The van der Waals surface area contributed by atoms with Crippen LogP contribution in [0, 0.1) is 11.6 Å². The summed E-state index contributed by atoms with van der Waals surface area (Å²) >= 11 is 0.988. The molecule has 9 N–H and O–H groups in total. The van der Waals surface area contributed by atoms with Crippen molar-refractivity contribution < 1.29 is 33.4 Å². The van der Waals surface area contributed by atoms with Gasteiger partial charge in [-0.15, -0.1) is 11.8 Å². The minimum absolute atomic E-state index is 0.00968. The van der Waals surface area contributed by atoms with Crippen molar-refractivity contribution in [3.63, 3.8) is 0 Å². The number of carboxylic acid groups (broad SMARTS) is 2. The van der Waals surface area contributed by atoms with Crippen molar-refractivity contribution in [2.45, 2.75) is 11.3 Å². The molecule has 0 aliphatic heterocycles. The molecule has 2 aromatic heterocycles. The number of hydrogen-bond acceptors (Lipinski definition) is 9. The Labute approximate surface area is 270 Å². The molecule has 2 heterocycles. The van der Waals surface area contributed by atoms with Gasteiger partial charge in [0.2, 0.25) is 0 Å². The lowest BCUT2D eigenvalue weighted by molar-refractivity contribution is -0.112. The fourth-order valence-electron chi connectivity index (χ4n) is 4.06. The predicted molar refractivity (Wildman–Crippen MR) is 172 cm³/mol. The number of benzene rings is 2. The number of anilines is 1. The van der Waals surface area contributed by atoms with Crippen LogP contribution in [0.1, 0.15) is 31.8 Å². The number of halogens is 2. The van der Waals surface area contributed by atoms with E-state index in [-0.39, 0.29) is 51.0 Å². The van der Waals surface area contributed by atoms with Crippen LogP contribution in [0.3, 0.4) is 0 Å². The Morgan fingerprint density at radius 1 is 0.851 bits per heavy atom. The molecule has 0 saturated carbocycles. The van der Waals surface area contributed by atoms with E-state index in [4.69, 9.17) is 17.2 Å². The molecule has 0 bridgehead atoms. The maximum atomic E-state index is 14.9. The maximum Gasteiger partial charge on any atom is 0.337 e. The molecule has 0 spiro atoms. The van der Waals surface area contributed by atoms with Crippen molar-refractivity contribution in [1.29, 1.82) is 0 Å². The van der Waals surface area contributed by atoms with Gasteiger partial charge in [-0.1, -0.05) is 12.2 Å². The Bertz CT molecular complexity index is 1920. The van der Waals surface area contributed by atoms with Crippen LogP contribution in [0.4, 0.5) is 14.5 Å². The molecular weight excluding hydrogens is 634 g/mol. The number of rotatable bonds is 13. The van der Waals surface area contributed by atoms with E-state index in [0.29, 0.717) is 5.82 Å². The van der Waals surface area contributed by atoms with Crippen LogP contribution in [-0.4, -0.2) is 52.9 Å². The monoisotopic (exact) mass is 662 g/mol. The number of carbonyl (C=O) groups excluding carboxylic acids is 1. The van der Waals surface area contributed by atoms with Crippen molar-refractivity contribution in [2.24, 2.45) is 17.2 Å². The molecule has 0 atom stereocenters. The van der Waals surface area contributed by atoms with Gasteiger partial charge in [-0.2, -0.15) is 0 Å². The smallest absolute Gasteiger partial charge is 0.337 e. The zero-order valence-electron chi connectivity index (χ0n) is 24.4. The minimum atomic E-state index is -1.49.